The smallest absolute Gasteiger partial charge is 0.325 e. The highest BCUT2D eigenvalue weighted by Crippen LogP contribution is 2.16. The molecular weight excluding hydrogens is 270 g/mol. The van der Waals surface area contributed by atoms with E-state index in [2.05, 4.69) is 10.3 Å². The van der Waals surface area contributed by atoms with E-state index < -0.39 is 17.9 Å². The monoisotopic (exact) mass is 281 g/mol. The Morgan fingerprint density at radius 2 is 2.21 bits per heavy atom. The maximum Gasteiger partial charge on any atom is 0.325 e. The van der Waals surface area contributed by atoms with Gasteiger partial charge in [0.25, 0.3) is 5.91 Å². The number of carbonyl (C=O) groups excluding carboxylic acids is 1. The van der Waals surface area contributed by atoms with Crippen LogP contribution in [0.3, 0.4) is 0 Å². The summed E-state index contributed by atoms with van der Waals surface area (Å²) in [6, 6.07) is 2.30. The quantitative estimate of drug-likeness (QED) is 0.893. The second-order valence-electron chi connectivity index (χ2n) is 4.15. The maximum atomic E-state index is 12.1. The van der Waals surface area contributed by atoms with E-state index >= 15 is 0 Å². The van der Waals surface area contributed by atoms with Crippen molar-refractivity contribution in [3.05, 3.63) is 34.7 Å². The first-order valence-corrected chi connectivity index (χ1v) is 5.96. The average Bonchev–Trinajstić information content (AvgIpc) is 2.63. The molecule has 0 aromatic carbocycles. The highest BCUT2D eigenvalue weighted by molar-refractivity contribution is 6.30. The number of hydrogen-bond donors (Lipinski definition) is 2. The van der Waals surface area contributed by atoms with Crippen molar-refractivity contribution < 1.29 is 14.7 Å². The number of amides is 1. The third-order valence-electron chi connectivity index (χ3n) is 2.70. The predicted molar refractivity (Wildman–Crippen MR) is 69.5 cm³/mol. The van der Waals surface area contributed by atoms with Crippen LogP contribution in [0.25, 0.3) is 5.65 Å². The molecule has 0 radical (unpaired) electrons. The molecule has 2 aromatic heterocycles. The van der Waals surface area contributed by atoms with Crippen molar-refractivity contribution in [2.75, 3.05) is 0 Å². The number of carboxylic acid groups (broad SMARTS) is 1. The molecule has 1 unspecified atom stereocenters. The van der Waals surface area contributed by atoms with Crippen LogP contribution in [0.5, 0.6) is 0 Å². The van der Waals surface area contributed by atoms with Gasteiger partial charge in [-0.05, 0) is 19.9 Å². The number of fused-ring (bicyclic) bond motifs is 1. The van der Waals surface area contributed by atoms with E-state index in [1.807, 2.05) is 0 Å². The van der Waals surface area contributed by atoms with Gasteiger partial charge in [-0.2, -0.15) is 0 Å². The van der Waals surface area contributed by atoms with Crippen LogP contribution in [-0.4, -0.2) is 32.4 Å². The van der Waals surface area contributed by atoms with Gasteiger partial charge >= 0.3 is 5.97 Å². The lowest BCUT2D eigenvalue weighted by molar-refractivity contribution is -0.138. The summed E-state index contributed by atoms with van der Waals surface area (Å²) in [4.78, 5) is 27.0. The summed E-state index contributed by atoms with van der Waals surface area (Å²) in [6.07, 6.45) is 1.62. The van der Waals surface area contributed by atoms with Gasteiger partial charge in [0.1, 0.15) is 17.4 Å². The summed E-state index contributed by atoms with van der Waals surface area (Å²) >= 11 is 5.85. The van der Waals surface area contributed by atoms with E-state index in [4.69, 9.17) is 16.7 Å². The highest BCUT2D eigenvalue weighted by atomic mass is 35.5. The van der Waals surface area contributed by atoms with E-state index in [-0.39, 0.29) is 0 Å². The fourth-order valence-electron chi connectivity index (χ4n) is 1.74. The number of nitrogens with one attached hydrogen (secondary N) is 1. The van der Waals surface area contributed by atoms with Crippen molar-refractivity contribution in [3.8, 4) is 0 Å². The second-order valence-corrected chi connectivity index (χ2v) is 4.59. The zero-order chi connectivity index (χ0) is 14.2. The molecule has 19 heavy (non-hydrogen) atoms. The maximum absolute atomic E-state index is 12.1. The molecule has 0 aliphatic heterocycles. The Bertz CT molecular complexity index is 666. The lowest BCUT2D eigenvalue weighted by atomic mass is 10.3. The standard InChI is InChI=1S/C12H12ClN3O3/c1-6-10(11(17)15-7(2)12(18)19)16-4-3-8(13)5-9(16)14-6/h3-5,7H,1-2H3,(H,15,17)(H,18,19). The first kappa shape index (κ1) is 13.4. The summed E-state index contributed by atoms with van der Waals surface area (Å²) in [5, 5.41) is 11.7. The zero-order valence-corrected chi connectivity index (χ0v) is 11.1. The number of rotatable bonds is 3. The van der Waals surface area contributed by atoms with Crippen LogP contribution >= 0.6 is 11.6 Å². The van der Waals surface area contributed by atoms with Crippen LogP contribution in [0.15, 0.2) is 18.3 Å². The highest BCUT2D eigenvalue weighted by Gasteiger charge is 2.20. The Kier molecular flexibility index (Phi) is 3.44. The average molecular weight is 282 g/mol. The van der Waals surface area contributed by atoms with Crippen molar-refractivity contribution in [2.24, 2.45) is 0 Å². The second kappa shape index (κ2) is 4.89. The minimum atomic E-state index is -1.09. The molecule has 2 aromatic rings. The Balaban J connectivity index is 2.42. The molecule has 2 heterocycles. The molecule has 7 heteroatoms. The number of carbonyl (C=O) groups is 2. The number of carboxylic acids is 1. The molecule has 2 N–H and O–H groups in total. The summed E-state index contributed by atoms with van der Waals surface area (Å²) in [7, 11) is 0. The number of aliphatic carboxylic acids is 1. The Labute approximate surface area is 114 Å². The van der Waals surface area contributed by atoms with Gasteiger partial charge < -0.3 is 10.4 Å². The van der Waals surface area contributed by atoms with Crippen molar-refractivity contribution in [2.45, 2.75) is 19.9 Å². The van der Waals surface area contributed by atoms with Crippen molar-refractivity contribution in [1.82, 2.24) is 14.7 Å². The molecule has 0 saturated carbocycles. The van der Waals surface area contributed by atoms with Gasteiger partial charge in [-0.3, -0.25) is 14.0 Å². The van der Waals surface area contributed by atoms with E-state index in [1.165, 1.54) is 6.92 Å². The van der Waals surface area contributed by atoms with Gasteiger partial charge in [-0.1, -0.05) is 11.6 Å². The Morgan fingerprint density at radius 3 is 2.84 bits per heavy atom. The van der Waals surface area contributed by atoms with Gasteiger partial charge in [0.2, 0.25) is 0 Å². The minimum absolute atomic E-state index is 0.305. The molecule has 0 bridgehead atoms. The molecule has 0 aliphatic carbocycles. The summed E-state index contributed by atoms with van der Waals surface area (Å²) in [6.45, 7) is 3.08. The van der Waals surface area contributed by atoms with E-state index in [0.29, 0.717) is 22.1 Å². The molecule has 1 amide bonds. The molecule has 0 saturated heterocycles. The molecule has 100 valence electrons. The van der Waals surface area contributed by atoms with Crippen LogP contribution < -0.4 is 5.32 Å². The zero-order valence-electron chi connectivity index (χ0n) is 10.3. The first-order valence-electron chi connectivity index (χ1n) is 5.58. The van der Waals surface area contributed by atoms with Crippen LogP contribution in [-0.2, 0) is 4.79 Å². The number of nitrogens with zero attached hydrogens (tertiary/aromatic N) is 2. The third-order valence-corrected chi connectivity index (χ3v) is 2.93. The predicted octanol–water partition coefficient (Wildman–Crippen LogP) is 1.50. The van der Waals surface area contributed by atoms with Crippen LogP contribution in [0.1, 0.15) is 23.1 Å². The normalized spacial score (nSPS) is 12.4. The number of pyridine rings is 1. The van der Waals surface area contributed by atoms with Crippen LogP contribution in [0.4, 0.5) is 0 Å². The SMILES string of the molecule is Cc1nc2cc(Cl)ccn2c1C(=O)NC(C)C(=O)O. The van der Waals surface area contributed by atoms with E-state index in [1.54, 1.807) is 29.7 Å². The largest absolute Gasteiger partial charge is 0.480 e. The molecule has 6 nitrogen and oxygen atoms in total. The van der Waals surface area contributed by atoms with Gasteiger partial charge in [0.15, 0.2) is 0 Å². The fourth-order valence-corrected chi connectivity index (χ4v) is 1.89. The Hall–Kier alpha value is -2.08. The number of hydrogen-bond acceptors (Lipinski definition) is 3. The lowest BCUT2D eigenvalue weighted by Crippen LogP contribution is -2.39. The number of aryl methyl sites for hydroxylation is 1. The van der Waals surface area contributed by atoms with E-state index in [0.717, 1.165) is 0 Å². The fraction of sp³-hybridized carbons (Fsp3) is 0.250. The van der Waals surface area contributed by atoms with Crippen molar-refractivity contribution in [3.63, 3.8) is 0 Å². The molecule has 0 spiro atoms. The Morgan fingerprint density at radius 1 is 1.53 bits per heavy atom. The van der Waals surface area contributed by atoms with Crippen LogP contribution in [0, 0.1) is 6.92 Å². The van der Waals surface area contributed by atoms with Gasteiger partial charge in [0.05, 0.1) is 5.69 Å². The number of imidazole rings is 1. The molecule has 0 aliphatic rings. The van der Waals surface area contributed by atoms with Crippen molar-refractivity contribution >= 4 is 29.1 Å². The summed E-state index contributed by atoms with van der Waals surface area (Å²) in [5.74, 6) is -1.58. The summed E-state index contributed by atoms with van der Waals surface area (Å²) < 4.78 is 1.57. The lowest BCUT2D eigenvalue weighted by Gasteiger charge is -2.09. The third kappa shape index (κ3) is 2.53. The van der Waals surface area contributed by atoms with Gasteiger partial charge in [0, 0.05) is 17.3 Å². The van der Waals surface area contributed by atoms with Gasteiger partial charge in [-0.25, -0.2) is 4.98 Å². The van der Waals surface area contributed by atoms with Crippen molar-refractivity contribution in [1.29, 1.82) is 0 Å². The first-order chi connectivity index (χ1) is 8.90. The molecular formula is C12H12ClN3O3. The van der Waals surface area contributed by atoms with E-state index in [9.17, 15) is 9.59 Å². The van der Waals surface area contributed by atoms with Crippen LogP contribution in [0.2, 0.25) is 5.02 Å². The molecule has 1 atom stereocenters. The van der Waals surface area contributed by atoms with Gasteiger partial charge in [-0.15, -0.1) is 0 Å². The number of halogens is 1. The topological polar surface area (TPSA) is 83.7 Å². The number of aromatic nitrogens is 2. The minimum Gasteiger partial charge on any atom is -0.480 e. The summed E-state index contributed by atoms with van der Waals surface area (Å²) in [5.41, 5.74) is 1.36. The molecule has 0 fully saturated rings. The molecule has 2 rings (SSSR count).